The van der Waals surface area contributed by atoms with Crippen LogP contribution in [0.5, 0.6) is 5.75 Å². The topological polar surface area (TPSA) is 38.7 Å². The van der Waals surface area contributed by atoms with Crippen LogP contribution in [-0.2, 0) is 24.4 Å². The Bertz CT molecular complexity index is 610. The molecule has 110 valence electrons. The van der Waals surface area contributed by atoms with Crippen LogP contribution >= 0.6 is 0 Å². The lowest BCUT2D eigenvalue weighted by molar-refractivity contribution is 0.0510. The monoisotopic (exact) mass is 288 g/mol. The molecule has 0 amide bonds. The number of hydrogen-bond acceptors (Lipinski definition) is 3. The summed E-state index contributed by atoms with van der Waals surface area (Å²) in [7, 11) is 0. The van der Waals surface area contributed by atoms with Crippen molar-refractivity contribution in [2.24, 2.45) is 0 Å². The Hall–Kier alpha value is -1.91. The Morgan fingerprint density at radius 1 is 1.14 bits per heavy atom. The van der Waals surface area contributed by atoms with E-state index in [1.807, 2.05) is 18.2 Å². The van der Waals surface area contributed by atoms with E-state index in [-0.39, 0.29) is 18.5 Å². The first-order valence-electron chi connectivity index (χ1n) is 6.96. The van der Waals surface area contributed by atoms with Gasteiger partial charge in [0.25, 0.3) is 0 Å². The first-order chi connectivity index (χ1) is 10.2. The summed E-state index contributed by atoms with van der Waals surface area (Å²) in [5.74, 6) is 0.621. The summed E-state index contributed by atoms with van der Waals surface area (Å²) < 4.78 is 24.2. The van der Waals surface area contributed by atoms with Gasteiger partial charge in [-0.1, -0.05) is 18.2 Å². The summed E-state index contributed by atoms with van der Waals surface area (Å²) in [6.45, 7) is 0.970. The van der Waals surface area contributed by atoms with Crippen molar-refractivity contribution >= 4 is 0 Å². The molecule has 2 aromatic rings. The van der Waals surface area contributed by atoms with E-state index < -0.39 is 0 Å². The molecule has 1 aliphatic heterocycles. The molecule has 0 radical (unpaired) electrons. The maximum absolute atomic E-state index is 12.8. The van der Waals surface area contributed by atoms with E-state index in [4.69, 9.17) is 14.6 Å². The van der Waals surface area contributed by atoms with Crippen molar-refractivity contribution in [3.05, 3.63) is 65.0 Å². The average Bonchev–Trinajstić information content (AvgIpc) is 2.91. The molecule has 0 bridgehead atoms. The molecular weight excluding hydrogens is 271 g/mol. The highest BCUT2D eigenvalue weighted by Gasteiger charge is 2.23. The Balaban J connectivity index is 1.50. The number of halogens is 1. The molecule has 0 saturated carbocycles. The van der Waals surface area contributed by atoms with Gasteiger partial charge in [-0.25, -0.2) is 4.39 Å². The molecule has 1 aliphatic rings. The van der Waals surface area contributed by atoms with Crippen LogP contribution in [0.3, 0.4) is 0 Å². The molecule has 0 spiro atoms. The lowest BCUT2D eigenvalue weighted by Gasteiger charge is -2.11. The van der Waals surface area contributed by atoms with Crippen LogP contribution in [-0.4, -0.2) is 17.8 Å². The van der Waals surface area contributed by atoms with Crippen LogP contribution in [0, 0.1) is 5.82 Å². The number of benzene rings is 2. The number of ether oxygens (including phenoxy) is 2. The zero-order chi connectivity index (χ0) is 14.7. The normalized spacial score (nSPS) is 16.6. The van der Waals surface area contributed by atoms with Crippen molar-refractivity contribution in [2.45, 2.75) is 25.7 Å². The van der Waals surface area contributed by atoms with Crippen molar-refractivity contribution in [1.82, 2.24) is 0 Å². The first kappa shape index (κ1) is 14.0. The van der Waals surface area contributed by atoms with Crippen LogP contribution in [0.2, 0.25) is 0 Å². The van der Waals surface area contributed by atoms with Crippen LogP contribution in [0.1, 0.15) is 16.7 Å². The number of fused-ring (bicyclic) bond motifs is 1. The fourth-order valence-corrected chi connectivity index (χ4v) is 2.45. The van der Waals surface area contributed by atoms with E-state index in [0.717, 1.165) is 28.9 Å². The molecule has 4 heteroatoms. The minimum Gasteiger partial charge on any atom is -0.487 e. The van der Waals surface area contributed by atoms with Gasteiger partial charge < -0.3 is 14.6 Å². The molecule has 1 heterocycles. The average molecular weight is 288 g/mol. The van der Waals surface area contributed by atoms with Crippen molar-refractivity contribution in [3.63, 3.8) is 0 Å². The van der Waals surface area contributed by atoms with Gasteiger partial charge in [-0.15, -0.1) is 0 Å². The second kappa shape index (κ2) is 6.24. The molecule has 0 fully saturated rings. The molecule has 1 unspecified atom stereocenters. The van der Waals surface area contributed by atoms with E-state index in [9.17, 15) is 4.39 Å². The molecule has 3 nitrogen and oxygen atoms in total. The SMILES string of the molecule is OCc1ccc2c(c1)CC(COCc1ccc(F)cc1)O2. The third-order valence-corrected chi connectivity index (χ3v) is 3.53. The standard InChI is InChI=1S/C17H17FO3/c18-15-4-1-12(2-5-15)10-20-11-16-8-14-7-13(9-19)3-6-17(14)21-16/h1-7,16,19H,8-11H2. The summed E-state index contributed by atoms with van der Waals surface area (Å²) in [5.41, 5.74) is 2.94. The minimum absolute atomic E-state index is 0.00519. The number of aliphatic hydroxyl groups is 1. The number of aliphatic hydroxyl groups excluding tert-OH is 1. The molecular formula is C17H17FO3. The molecule has 0 saturated heterocycles. The molecule has 21 heavy (non-hydrogen) atoms. The van der Waals surface area contributed by atoms with Gasteiger partial charge in [-0.3, -0.25) is 0 Å². The zero-order valence-corrected chi connectivity index (χ0v) is 11.6. The second-order valence-corrected chi connectivity index (χ2v) is 5.19. The summed E-state index contributed by atoms with van der Waals surface area (Å²) in [6.07, 6.45) is 0.779. The third kappa shape index (κ3) is 3.40. The van der Waals surface area contributed by atoms with Gasteiger partial charge in [0, 0.05) is 6.42 Å². The lowest BCUT2D eigenvalue weighted by Crippen LogP contribution is -2.20. The van der Waals surface area contributed by atoms with Gasteiger partial charge in [-0.2, -0.15) is 0 Å². The molecule has 0 aliphatic carbocycles. The molecule has 0 aromatic heterocycles. The molecule has 2 aromatic carbocycles. The summed E-state index contributed by atoms with van der Waals surface area (Å²) in [6, 6.07) is 12.0. The van der Waals surface area contributed by atoms with Crippen LogP contribution in [0.15, 0.2) is 42.5 Å². The Morgan fingerprint density at radius 3 is 2.67 bits per heavy atom. The Morgan fingerprint density at radius 2 is 1.90 bits per heavy atom. The summed E-state index contributed by atoms with van der Waals surface area (Å²) >= 11 is 0. The predicted molar refractivity (Wildman–Crippen MR) is 76.5 cm³/mol. The van der Waals surface area contributed by atoms with Crippen molar-refractivity contribution in [1.29, 1.82) is 0 Å². The second-order valence-electron chi connectivity index (χ2n) is 5.19. The van der Waals surface area contributed by atoms with Crippen LogP contribution < -0.4 is 4.74 Å². The smallest absolute Gasteiger partial charge is 0.126 e. The highest BCUT2D eigenvalue weighted by molar-refractivity contribution is 5.40. The first-order valence-corrected chi connectivity index (χ1v) is 6.96. The van der Waals surface area contributed by atoms with Crippen molar-refractivity contribution < 1.29 is 19.0 Å². The maximum atomic E-state index is 12.8. The van der Waals surface area contributed by atoms with E-state index in [0.29, 0.717) is 13.2 Å². The van der Waals surface area contributed by atoms with E-state index in [1.165, 1.54) is 12.1 Å². The van der Waals surface area contributed by atoms with Gasteiger partial charge in [0.2, 0.25) is 0 Å². The largest absolute Gasteiger partial charge is 0.487 e. The summed E-state index contributed by atoms with van der Waals surface area (Å²) in [4.78, 5) is 0. The van der Waals surface area contributed by atoms with E-state index in [2.05, 4.69) is 0 Å². The van der Waals surface area contributed by atoms with Gasteiger partial charge in [0.1, 0.15) is 17.7 Å². The van der Waals surface area contributed by atoms with Crippen molar-refractivity contribution in [2.75, 3.05) is 6.61 Å². The van der Waals surface area contributed by atoms with Crippen molar-refractivity contribution in [3.8, 4) is 5.75 Å². The van der Waals surface area contributed by atoms with Crippen LogP contribution in [0.25, 0.3) is 0 Å². The third-order valence-electron chi connectivity index (χ3n) is 3.53. The number of rotatable bonds is 5. The fraction of sp³-hybridized carbons (Fsp3) is 0.294. The molecule has 1 atom stereocenters. The van der Waals surface area contributed by atoms with E-state index >= 15 is 0 Å². The zero-order valence-electron chi connectivity index (χ0n) is 11.6. The van der Waals surface area contributed by atoms with Gasteiger partial charge in [-0.05, 0) is 41.0 Å². The minimum atomic E-state index is -0.243. The Kier molecular flexibility index (Phi) is 4.18. The molecule has 1 N–H and O–H groups in total. The highest BCUT2D eigenvalue weighted by atomic mass is 19.1. The summed E-state index contributed by atoms with van der Waals surface area (Å²) in [5, 5.41) is 9.13. The predicted octanol–water partition coefficient (Wildman–Crippen LogP) is 2.84. The van der Waals surface area contributed by atoms with Gasteiger partial charge >= 0.3 is 0 Å². The maximum Gasteiger partial charge on any atom is 0.126 e. The fourth-order valence-electron chi connectivity index (χ4n) is 2.45. The Labute approximate surface area is 122 Å². The molecule has 3 rings (SSSR count). The quantitative estimate of drug-likeness (QED) is 0.919. The highest BCUT2D eigenvalue weighted by Crippen LogP contribution is 2.29. The lowest BCUT2D eigenvalue weighted by atomic mass is 10.1. The van der Waals surface area contributed by atoms with Gasteiger partial charge in [0.05, 0.1) is 19.8 Å². The van der Waals surface area contributed by atoms with E-state index in [1.54, 1.807) is 12.1 Å². The van der Waals surface area contributed by atoms with Crippen LogP contribution in [0.4, 0.5) is 4.39 Å². The number of hydrogen-bond donors (Lipinski definition) is 1. The van der Waals surface area contributed by atoms with Gasteiger partial charge in [0.15, 0.2) is 0 Å².